The number of carbonyl (C=O) groups is 1. The van der Waals surface area contributed by atoms with Crippen LogP contribution in [0.1, 0.15) is 66.4 Å². The third kappa shape index (κ3) is 5.99. The molecule has 1 aromatic carbocycles. The summed E-state index contributed by atoms with van der Waals surface area (Å²) in [7, 11) is -3.75. The summed E-state index contributed by atoms with van der Waals surface area (Å²) in [6.45, 7) is 1.48. The number of piperidine rings is 2. The van der Waals surface area contributed by atoms with Gasteiger partial charge in [-0.3, -0.25) is 9.52 Å². The number of hydrogen-bond donors (Lipinski definition) is 3. The predicted molar refractivity (Wildman–Crippen MR) is 155 cm³/mol. The second-order valence-electron chi connectivity index (χ2n) is 11.9. The normalized spacial score (nSPS) is 21.0. The van der Waals surface area contributed by atoms with Crippen LogP contribution in [0.4, 0.5) is 31.8 Å². The summed E-state index contributed by atoms with van der Waals surface area (Å²) in [5, 5.41) is 12.2. The number of anilines is 4. The minimum atomic E-state index is -3.75. The van der Waals surface area contributed by atoms with E-state index in [1.165, 1.54) is 12.8 Å². The summed E-state index contributed by atoms with van der Waals surface area (Å²) in [6.07, 6.45) is 6.17. The van der Waals surface area contributed by atoms with Crippen molar-refractivity contribution in [2.45, 2.75) is 63.7 Å². The number of halogens is 2. The number of alkyl halides is 2. The molecule has 1 spiro atoms. The van der Waals surface area contributed by atoms with Crippen molar-refractivity contribution in [1.29, 1.82) is 0 Å². The van der Waals surface area contributed by atoms with E-state index in [4.69, 9.17) is 0 Å². The van der Waals surface area contributed by atoms with Gasteiger partial charge in [-0.2, -0.15) is 0 Å². The summed E-state index contributed by atoms with van der Waals surface area (Å²) in [4.78, 5) is 22.6. The maximum absolute atomic E-state index is 14.0. The van der Waals surface area contributed by atoms with Crippen molar-refractivity contribution in [3.8, 4) is 0 Å². The van der Waals surface area contributed by atoms with Crippen LogP contribution < -0.4 is 19.8 Å². The predicted octanol–water partition coefficient (Wildman–Crippen LogP) is 4.17. The molecule has 3 fully saturated rings. The van der Waals surface area contributed by atoms with Gasteiger partial charge in [0.2, 0.25) is 10.0 Å². The molecule has 2 aromatic rings. The Morgan fingerprint density at radius 3 is 2.34 bits per heavy atom. The molecule has 0 unspecified atom stereocenters. The highest BCUT2D eigenvalue weighted by molar-refractivity contribution is 7.92. The van der Waals surface area contributed by atoms with Gasteiger partial charge in [-0.15, -0.1) is 0 Å². The van der Waals surface area contributed by atoms with Crippen LogP contribution in [-0.4, -0.2) is 68.9 Å². The summed E-state index contributed by atoms with van der Waals surface area (Å²) in [6, 6.07) is 7.00. The Labute approximate surface area is 239 Å². The molecule has 0 atom stereocenters. The molecule has 4 aliphatic rings. The summed E-state index contributed by atoms with van der Waals surface area (Å²) < 4.78 is 55.3. The van der Waals surface area contributed by atoms with Gasteiger partial charge in [0.15, 0.2) is 0 Å². The molecule has 0 radical (unpaired) electrons. The number of aliphatic hydroxyl groups excluding tert-OH is 1. The molecule has 41 heavy (non-hydrogen) atoms. The van der Waals surface area contributed by atoms with Gasteiger partial charge >= 0.3 is 0 Å². The quantitative estimate of drug-likeness (QED) is 0.423. The van der Waals surface area contributed by atoms with E-state index in [1.807, 2.05) is 4.90 Å². The molecule has 1 aromatic heterocycles. The van der Waals surface area contributed by atoms with E-state index in [-0.39, 0.29) is 31.8 Å². The minimum Gasteiger partial charge on any atom is -0.395 e. The molecule has 3 heterocycles. The first-order valence-electron chi connectivity index (χ1n) is 14.5. The van der Waals surface area contributed by atoms with Crippen LogP contribution in [0, 0.1) is 5.41 Å². The molecule has 9 nitrogen and oxygen atoms in total. The zero-order valence-electron chi connectivity index (χ0n) is 23.1. The zero-order valence-corrected chi connectivity index (χ0v) is 23.9. The van der Waals surface area contributed by atoms with E-state index in [2.05, 4.69) is 19.9 Å². The second kappa shape index (κ2) is 10.7. The highest BCUT2D eigenvalue weighted by Gasteiger charge is 2.45. The standard InChI is InChI=1S/C29H37F2N5O4S/c30-29(31)11-15-36(16-12-29)25-6-2-5-24(32-25)33-27(38)26-21-4-1-3-20(21)22(34-41(39,40)18-17-37)19-23(26)35-13-9-28(7-8-28)10-14-35/h2,5-6,19,34,37H,1,3-4,7-18H2,(H,32,33,38). The van der Waals surface area contributed by atoms with Gasteiger partial charge in [-0.1, -0.05) is 6.07 Å². The smallest absolute Gasteiger partial charge is 0.259 e. The van der Waals surface area contributed by atoms with Crippen LogP contribution in [0.2, 0.25) is 0 Å². The molecule has 1 amide bonds. The van der Waals surface area contributed by atoms with Crippen molar-refractivity contribution in [2.24, 2.45) is 5.41 Å². The first-order chi connectivity index (χ1) is 19.6. The topological polar surface area (TPSA) is 115 Å². The Kier molecular flexibility index (Phi) is 7.34. The Bertz CT molecular complexity index is 1430. The van der Waals surface area contributed by atoms with Crippen molar-refractivity contribution in [2.75, 3.05) is 58.4 Å². The number of aliphatic hydroxyl groups is 1. The van der Waals surface area contributed by atoms with Gasteiger partial charge in [0, 0.05) is 39.0 Å². The van der Waals surface area contributed by atoms with Crippen LogP contribution in [0.25, 0.3) is 0 Å². The molecule has 1 saturated carbocycles. The molecular weight excluding hydrogens is 552 g/mol. The number of nitrogens with zero attached hydrogens (tertiary/aromatic N) is 3. The third-order valence-electron chi connectivity index (χ3n) is 9.15. The Morgan fingerprint density at radius 2 is 1.66 bits per heavy atom. The summed E-state index contributed by atoms with van der Waals surface area (Å²) in [5.74, 6) is -2.49. The van der Waals surface area contributed by atoms with Gasteiger partial charge in [0.05, 0.1) is 29.3 Å². The van der Waals surface area contributed by atoms with Crippen molar-refractivity contribution in [3.05, 3.63) is 41.0 Å². The van der Waals surface area contributed by atoms with Crippen LogP contribution in [-0.2, 0) is 22.9 Å². The van der Waals surface area contributed by atoms with Crippen molar-refractivity contribution in [1.82, 2.24) is 4.98 Å². The lowest BCUT2D eigenvalue weighted by atomic mass is 9.91. The molecule has 222 valence electrons. The molecule has 12 heteroatoms. The summed E-state index contributed by atoms with van der Waals surface area (Å²) in [5.41, 5.74) is 3.79. The number of pyridine rings is 1. The molecular formula is C29H37F2N5O4S. The maximum atomic E-state index is 14.0. The number of hydrogen-bond acceptors (Lipinski definition) is 7. The second-order valence-corrected chi connectivity index (χ2v) is 13.8. The van der Waals surface area contributed by atoms with Crippen molar-refractivity contribution in [3.63, 3.8) is 0 Å². The van der Waals surface area contributed by atoms with Crippen LogP contribution in [0.3, 0.4) is 0 Å². The number of benzene rings is 1. The lowest BCUT2D eigenvalue weighted by Crippen LogP contribution is -2.39. The number of fused-ring (bicyclic) bond motifs is 1. The fraction of sp³-hybridized carbons (Fsp3) is 0.586. The molecule has 0 bridgehead atoms. The largest absolute Gasteiger partial charge is 0.395 e. The molecule has 2 aliphatic carbocycles. The van der Waals surface area contributed by atoms with Crippen molar-refractivity contribution >= 4 is 38.9 Å². The number of rotatable bonds is 8. The van der Waals surface area contributed by atoms with Crippen LogP contribution in [0.15, 0.2) is 24.3 Å². The lowest BCUT2D eigenvalue weighted by Gasteiger charge is -2.36. The molecule has 2 saturated heterocycles. The van der Waals surface area contributed by atoms with Gasteiger partial charge in [0.25, 0.3) is 11.8 Å². The zero-order chi connectivity index (χ0) is 28.8. The third-order valence-corrected chi connectivity index (χ3v) is 10.4. The molecule has 3 N–H and O–H groups in total. The monoisotopic (exact) mass is 589 g/mol. The van der Waals surface area contributed by atoms with Gasteiger partial charge in [0.1, 0.15) is 11.6 Å². The van der Waals surface area contributed by atoms with Gasteiger partial charge in [-0.05, 0) is 79.7 Å². The highest BCUT2D eigenvalue weighted by Crippen LogP contribution is 2.54. The molecule has 6 rings (SSSR count). The number of sulfonamides is 1. The Balaban J connectivity index is 1.32. The number of carbonyl (C=O) groups excluding carboxylic acids is 1. The van der Waals surface area contributed by atoms with Crippen LogP contribution in [0.5, 0.6) is 0 Å². The Hall–Kier alpha value is -2.99. The van der Waals surface area contributed by atoms with Gasteiger partial charge in [-0.25, -0.2) is 22.2 Å². The fourth-order valence-electron chi connectivity index (χ4n) is 6.51. The fourth-order valence-corrected chi connectivity index (χ4v) is 7.37. The van der Waals surface area contributed by atoms with E-state index in [1.54, 1.807) is 24.3 Å². The SMILES string of the molecule is O=C(Nc1cccc(N2CCC(F)(F)CC2)n1)c1c(N2CCC3(CC2)CC3)cc(NS(=O)(=O)CCO)c2c1CCC2. The Morgan fingerprint density at radius 1 is 0.976 bits per heavy atom. The average molecular weight is 590 g/mol. The number of aromatic nitrogens is 1. The van der Waals surface area contributed by atoms with E-state index in [9.17, 15) is 27.1 Å². The van der Waals surface area contributed by atoms with E-state index in [0.29, 0.717) is 46.8 Å². The highest BCUT2D eigenvalue weighted by atomic mass is 32.2. The number of nitrogens with one attached hydrogen (secondary N) is 2. The van der Waals surface area contributed by atoms with Crippen LogP contribution >= 0.6 is 0 Å². The summed E-state index contributed by atoms with van der Waals surface area (Å²) >= 11 is 0. The first-order valence-corrected chi connectivity index (χ1v) is 16.2. The number of amides is 1. The first kappa shape index (κ1) is 28.1. The van der Waals surface area contributed by atoms with E-state index < -0.39 is 28.3 Å². The van der Waals surface area contributed by atoms with E-state index in [0.717, 1.165) is 43.5 Å². The van der Waals surface area contributed by atoms with Gasteiger partial charge < -0.3 is 20.2 Å². The lowest BCUT2D eigenvalue weighted by molar-refractivity contribution is -0.0221. The minimum absolute atomic E-state index is 0.194. The molecule has 2 aliphatic heterocycles. The average Bonchev–Trinajstić information content (AvgIpc) is 3.48. The van der Waals surface area contributed by atoms with Crippen molar-refractivity contribution < 1.29 is 27.1 Å². The maximum Gasteiger partial charge on any atom is 0.259 e. The van der Waals surface area contributed by atoms with E-state index >= 15 is 0 Å².